The fourth-order valence-corrected chi connectivity index (χ4v) is 1.93. The number of benzene rings is 1. The van der Waals surface area contributed by atoms with Gasteiger partial charge in [-0.1, -0.05) is 11.6 Å². The van der Waals surface area contributed by atoms with E-state index in [-0.39, 0.29) is 5.76 Å². The number of methoxy groups -OCH3 is 1. The highest BCUT2D eigenvalue weighted by atomic mass is 35.5. The smallest absolute Gasteiger partial charge is 0.287 e. The highest BCUT2D eigenvalue weighted by Crippen LogP contribution is 2.27. The molecule has 0 aliphatic carbocycles. The number of hydrogen-bond donors (Lipinski definition) is 2. The highest BCUT2D eigenvalue weighted by molar-refractivity contribution is 6.31. The molecule has 1 aromatic heterocycles. The Morgan fingerprint density at radius 2 is 2.09 bits per heavy atom. The minimum absolute atomic E-state index is 0.139. The molecule has 0 radical (unpaired) electrons. The van der Waals surface area contributed by atoms with Gasteiger partial charge >= 0.3 is 0 Å². The first-order valence-corrected chi connectivity index (χ1v) is 6.88. The molecule has 116 valence electrons. The Labute approximate surface area is 132 Å². The number of carbonyl (C=O) groups is 2. The molecule has 2 N–H and O–H groups in total. The van der Waals surface area contributed by atoms with Crippen LogP contribution >= 0.6 is 11.6 Å². The van der Waals surface area contributed by atoms with Crippen LogP contribution in [0.25, 0.3) is 0 Å². The predicted molar refractivity (Wildman–Crippen MR) is 82.3 cm³/mol. The number of carbonyl (C=O) groups excluding carboxylic acids is 2. The summed E-state index contributed by atoms with van der Waals surface area (Å²) in [4.78, 5) is 24.0. The number of anilines is 1. The maximum Gasteiger partial charge on any atom is 0.287 e. The van der Waals surface area contributed by atoms with Crippen LogP contribution in [0.4, 0.5) is 5.69 Å². The van der Waals surface area contributed by atoms with Gasteiger partial charge in [-0.25, -0.2) is 0 Å². The van der Waals surface area contributed by atoms with E-state index in [0.717, 1.165) is 0 Å². The lowest BCUT2D eigenvalue weighted by Crippen LogP contribution is -2.41. The van der Waals surface area contributed by atoms with Crippen LogP contribution in [-0.4, -0.2) is 25.0 Å². The third kappa shape index (κ3) is 3.79. The van der Waals surface area contributed by atoms with Gasteiger partial charge in [0, 0.05) is 5.02 Å². The maximum atomic E-state index is 12.1. The molecule has 22 heavy (non-hydrogen) atoms. The van der Waals surface area contributed by atoms with E-state index in [9.17, 15) is 9.59 Å². The minimum atomic E-state index is -0.763. The van der Waals surface area contributed by atoms with Crippen LogP contribution in [0.15, 0.2) is 41.0 Å². The zero-order valence-corrected chi connectivity index (χ0v) is 12.8. The van der Waals surface area contributed by atoms with E-state index in [0.29, 0.717) is 16.5 Å². The van der Waals surface area contributed by atoms with Crippen LogP contribution < -0.4 is 15.4 Å². The lowest BCUT2D eigenvalue weighted by molar-refractivity contribution is -0.117. The highest BCUT2D eigenvalue weighted by Gasteiger charge is 2.19. The molecule has 0 bridgehead atoms. The van der Waals surface area contributed by atoms with Crippen molar-refractivity contribution in [3.63, 3.8) is 0 Å². The molecule has 0 fully saturated rings. The van der Waals surface area contributed by atoms with Crippen molar-refractivity contribution in [3.8, 4) is 5.75 Å². The van der Waals surface area contributed by atoms with Crippen molar-refractivity contribution in [1.82, 2.24) is 5.32 Å². The molecule has 1 atom stereocenters. The first kappa shape index (κ1) is 15.9. The zero-order valence-electron chi connectivity index (χ0n) is 12.1. The van der Waals surface area contributed by atoms with E-state index in [4.69, 9.17) is 20.8 Å². The molecule has 0 aliphatic rings. The van der Waals surface area contributed by atoms with Crippen LogP contribution in [0.3, 0.4) is 0 Å². The summed E-state index contributed by atoms with van der Waals surface area (Å²) in [6.45, 7) is 1.56. The fourth-order valence-electron chi connectivity index (χ4n) is 1.76. The number of nitrogens with one attached hydrogen (secondary N) is 2. The Kier molecular flexibility index (Phi) is 5.06. The van der Waals surface area contributed by atoms with Crippen molar-refractivity contribution in [3.05, 3.63) is 47.4 Å². The summed E-state index contributed by atoms with van der Waals surface area (Å²) in [5.74, 6) is -0.256. The summed E-state index contributed by atoms with van der Waals surface area (Å²) in [7, 11) is 1.49. The van der Waals surface area contributed by atoms with Gasteiger partial charge in [0.25, 0.3) is 5.91 Å². The molecule has 0 spiro atoms. The molecule has 1 aromatic carbocycles. The SMILES string of the molecule is COc1ccc(Cl)cc1NC(=O)C(C)NC(=O)c1ccco1. The molecule has 6 nitrogen and oxygen atoms in total. The second kappa shape index (κ2) is 7.00. The topological polar surface area (TPSA) is 80.6 Å². The van der Waals surface area contributed by atoms with Gasteiger partial charge in [-0.05, 0) is 37.3 Å². The van der Waals surface area contributed by atoms with Crippen molar-refractivity contribution in [1.29, 1.82) is 0 Å². The summed E-state index contributed by atoms with van der Waals surface area (Å²) in [5, 5.41) is 5.66. The molecule has 1 unspecified atom stereocenters. The number of amides is 2. The van der Waals surface area contributed by atoms with Crippen LogP contribution in [0.5, 0.6) is 5.75 Å². The van der Waals surface area contributed by atoms with E-state index in [1.54, 1.807) is 31.2 Å². The van der Waals surface area contributed by atoms with Gasteiger partial charge in [0.1, 0.15) is 11.8 Å². The van der Waals surface area contributed by atoms with Gasteiger partial charge in [0.05, 0.1) is 19.1 Å². The van der Waals surface area contributed by atoms with E-state index < -0.39 is 17.9 Å². The minimum Gasteiger partial charge on any atom is -0.495 e. The number of rotatable bonds is 5. The van der Waals surface area contributed by atoms with Crippen molar-refractivity contribution in [2.75, 3.05) is 12.4 Å². The first-order chi connectivity index (χ1) is 10.5. The Hall–Kier alpha value is -2.47. The number of hydrogen-bond acceptors (Lipinski definition) is 4. The average Bonchev–Trinajstić information content (AvgIpc) is 3.01. The number of furan rings is 1. The molecular formula is C15H15ClN2O4. The summed E-state index contributed by atoms with van der Waals surface area (Å²) < 4.78 is 10.1. The van der Waals surface area contributed by atoms with E-state index in [2.05, 4.69) is 10.6 Å². The lowest BCUT2D eigenvalue weighted by atomic mass is 10.2. The van der Waals surface area contributed by atoms with Gasteiger partial charge in [0.15, 0.2) is 5.76 Å². The predicted octanol–water partition coefficient (Wildman–Crippen LogP) is 2.70. The van der Waals surface area contributed by atoms with E-state index in [1.165, 1.54) is 19.4 Å². The normalized spacial score (nSPS) is 11.6. The summed E-state index contributed by atoms with van der Waals surface area (Å²) in [6, 6.07) is 7.21. The fraction of sp³-hybridized carbons (Fsp3) is 0.200. The van der Waals surface area contributed by atoms with Crippen molar-refractivity contribution in [2.45, 2.75) is 13.0 Å². The third-order valence-electron chi connectivity index (χ3n) is 2.91. The molecule has 1 heterocycles. The Morgan fingerprint density at radius 1 is 1.32 bits per heavy atom. The van der Waals surface area contributed by atoms with Crippen LogP contribution in [0, 0.1) is 0 Å². The number of ether oxygens (including phenoxy) is 1. The second-order valence-corrected chi connectivity index (χ2v) is 4.94. The van der Waals surface area contributed by atoms with Gasteiger partial charge in [-0.2, -0.15) is 0 Å². The quantitative estimate of drug-likeness (QED) is 0.887. The van der Waals surface area contributed by atoms with Crippen LogP contribution in [0.1, 0.15) is 17.5 Å². The summed E-state index contributed by atoms with van der Waals surface area (Å²) >= 11 is 5.90. The first-order valence-electron chi connectivity index (χ1n) is 6.50. The van der Waals surface area contributed by atoms with Crippen LogP contribution in [-0.2, 0) is 4.79 Å². The van der Waals surface area contributed by atoms with Gasteiger partial charge in [-0.15, -0.1) is 0 Å². The number of halogens is 1. The molecular weight excluding hydrogens is 308 g/mol. The molecule has 0 saturated carbocycles. The summed E-state index contributed by atoms with van der Waals surface area (Å²) in [6.07, 6.45) is 1.39. The van der Waals surface area contributed by atoms with Crippen molar-refractivity contribution >= 4 is 29.1 Å². The molecule has 0 saturated heterocycles. The summed E-state index contributed by atoms with van der Waals surface area (Å²) in [5.41, 5.74) is 0.430. The Bertz CT molecular complexity index is 670. The Balaban J connectivity index is 2.02. The van der Waals surface area contributed by atoms with Gasteiger partial charge in [-0.3, -0.25) is 9.59 Å². The molecule has 2 aromatic rings. The Morgan fingerprint density at radius 3 is 2.73 bits per heavy atom. The van der Waals surface area contributed by atoms with E-state index >= 15 is 0 Å². The molecule has 0 aliphatic heterocycles. The van der Waals surface area contributed by atoms with E-state index in [1.807, 2.05) is 0 Å². The van der Waals surface area contributed by atoms with Gasteiger partial charge in [0.2, 0.25) is 5.91 Å². The van der Waals surface area contributed by atoms with Crippen LogP contribution in [0.2, 0.25) is 5.02 Å². The third-order valence-corrected chi connectivity index (χ3v) is 3.14. The average molecular weight is 323 g/mol. The molecule has 2 amide bonds. The standard InChI is InChI=1S/C15H15ClN2O4/c1-9(17-15(20)13-4-3-7-22-13)14(19)18-11-8-10(16)5-6-12(11)21-2/h3-9H,1-2H3,(H,17,20)(H,18,19). The molecule has 2 rings (SSSR count). The second-order valence-electron chi connectivity index (χ2n) is 4.51. The monoisotopic (exact) mass is 322 g/mol. The molecule has 7 heteroatoms. The van der Waals surface area contributed by atoms with Gasteiger partial charge < -0.3 is 19.8 Å². The maximum absolute atomic E-state index is 12.1. The largest absolute Gasteiger partial charge is 0.495 e. The van der Waals surface area contributed by atoms with Crippen molar-refractivity contribution in [2.24, 2.45) is 0 Å². The zero-order chi connectivity index (χ0) is 16.1. The van der Waals surface area contributed by atoms with Crippen molar-refractivity contribution < 1.29 is 18.7 Å². The lowest BCUT2D eigenvalue weighted by Gasteiger charge is -2.15.